The van der Waals surface area contributed by atoms with Crippen LogP contribution in [-0.2, 0) is 9.59 Å². The maximum absolute atomic E-state index is 12.9. The SMILES string of the molecule is CCN(C(=O)CCNC(=O)C(C)(C)C)c1ccc(F)cc1. The Morgan fingerprint density at radius 1 is 1.19 bits per heavy atom. The maximum atomic E-state index is 12.9. The van der Waals surface area contributed by atoms with Crippen LogP contribution in [0.4, 0.5) is 10.1 Å². The molecule has 0 saturated carbocycles. The molecule has 0 spiro atoms. The summed E-state index contributed by atoms with van der Waals surface area (Å²) in [5.74, 6) is -0.516. The van der Waals surface area contributed by atoms with Gasteiger partial charge in [0.05, 0.1) is 0 Å². The molecular weight excluding hydrogens is 271 g/mol. The Labute approximate surface area is 125 Å². The van der Waals surface area contributed by atoms with Crippen molar-refractivity contribution in [3.8, 4) is 0 Å². The number of anilines is 1. The van der Waals surface area contributed by atoms with Crippen LogP contribution in [-0.4, -0.2) is 24.9 Å². The first-order valence-electron chi connectivity index (χ1n) is 7.10. The number of hydrogen-bond acceptors (Lipinski definition) is 2. The van der Waals surface area contributed by atoms with Crippen LogP contribution in [0.25, 0.3) is 0 Å². The second kappa shape index (κ2) is 7.20. The fourth-order valence-corrected chi connectivity index (χ4v) is 1.81. The van der Waals surface area contributed by atoms with Crippen LogP contribution in [0.15, 0.2) is 24.3 Å². The van der Waals surface area contributed by atoms with Gasteiger partial charge in [0.15, 0.2) is 0 Å². The van der Waals surface area contributed by atoms with E-state index in [0.717, 1.165) is 0 Å². The van der Waals surface area contributed by atoms with Gasteiger partial charge in [-0.2, -0.15) is 0 Å². The molecule has 0 saturated heterocycles. The molecule has 0 atom stereocenters. The number of amides is 2. The monoisotopic (exact) mass is 294 g/mol. The van der Waals surface area contributed by atoms with Gasteiger partial charge >= 0.3 is 0 Å². The lowest BCUT2D eigenvalue weighted by Crippen LogP contribution is -2.38. The van der Waals surface area contributed by atoms with E-state index in [4.69, 9.17) is 0 Å². The molecule has 0 aromatic heterocycles. The first-order chi connectivity index (χ1) is 9.75. The highest BCUT2D eigenvalue weighted by Crippen LogP contribution is 2.16. The molecule has 4 nitrogen and oxygen atoms in total. The minimum atomic E-state index is -0.468. The van der Waals surface area contributed by atoms with E-state index in [-0.39, 0.29) is 24.1 Å². The summed E-state index contributed by atoms with van der Waals surface area (Å²) in [5.41, 5.74) is 0.191. The third kappa shape index (κ3) is 5.17. The van der Waals surface area contributed by atoms with E-state index in [2.05, 4.69) is 5.32 Å². The van der Waals surface area contributed by atoms with Crippen LogP contribution in [0.1, 0.15) is 34.1 Å². The summed E-state index contributed by atoms with van der Waals surface area (Å²) in [6.45, 7) is 8.11. The molecular formula is C16H23FN2O2. The molecule has 1 aromatic rings. The van der Waals surface area contributed by atoms with Crippen LogP contribution in [0.3, 0.4) is 0 Å². The third-order valence-corrected chi connectivity index (χ3v) is 3.06. The van der Waals surface area contributed by atoms with Crippen LogP contribution < -0.4 is 10.2 Å². The van der Waals surface area contributed by atoms with E-state index in [1.165, 1.54) is 12.1 Å². The summed E-state index contributed by atoms with van der Waals surface area (Å²) in [5, 5.41) is 2.75. The van der Waals surface area contributed by atoms with Crippen LogP contribution >= 0.6 is 0 Å². The molecule has 0 aliphatic carbocycles. The van der Waals surface area contributed by atoms with Crippen molar-refractivity contribution in [3.05, 3.63) is 30.1 Å². The van der Waals surface area contributed by atoms with Crippen molar-refractivity contribution in [2.45, 2.75) is 34.1 Å². The van der Waals surface area contributed by atoms with E-state index in [9.17, 15) is 14.0 Å². The normalized spacial score (nSPS) is 11.1. The molecule has 21 heavy (non-hydrogen) atoms. The summed E-state index contributed by atoms with van der Waals surface area (Å²) < 4.78 is 12.9. The molecule has 0 bridgehead atoms. The van der Waals surface area contributed by atoms with E-state index in [1.807, 2.05) is 27.7 Å². The lowest BCUT2D eigenvalue weighted by Gasteiger charge is -2.22. The fourth-order valence-electron chi connectivity index (χ4n) is 1.81. The Hall–Kier alpha value is -1.91. The molecule has 0 aliphatic heterocycles. The lowest BCUT2D eigenvalue weighted by atomic mass is 9.96. The molecule has 0 heterocycles. The van der Waals surface area contributed by atoms with Gasteiger partial charge in [0.1, 0.15) is 5.82 Å². The Morgan fingerprint density at radius 2 is 1.76 bits per heavy atom. The van der Waals surface area contributed by atoms with E-state index < -0.39 is 5.41 Å². The Morgan fingerprint density at radius 3 is 2.24 bits per heavy atom. The van der Waals surface area contributed by atoms with Crippen molar-refractivity contribution in [1.82, 2.24) is 5.32 Å². The predicted octanol–water partition coefficient (Wildman–Crippen LogP) is 2.73. The van der Waals surface area contributed by atoms with Crippen molar-refractivity contribution in [2.24, 2.45) is 5.41 Å². The highest BCUT2D eigenvalue weighted by atomic mass is 19.1. The lowest BCUT2D eigenvalue weighted by molar-refractivity contribution is -0.128. The van der Waals surface area contributed by atoms with Gasteiger partial charge in [0.2, 0.25) is 11.8 Å². The molecule has 2 amide bonds. The van der Waals surface area contributed by atoms with Crippen LogP contribution in [0, 0.1) is 11.2 Å². The average molecular weight is 294 g/mol. The number of nitrogens with zero attached hydrogens (tertiary/aromatic N) is 1. The van der Waals surface area contributed by atoms with E-state index in [1.54, 1.807) is 17.0 Å². The molecule has 0 aliphatic rings. The fraction of sp³-hybridized carbons (Fsp3) is 0.500. The highest BCUT2D eigenvalue weighted by molar-refractivity contribution is 5.93. The molecule has 1 rings (SSSR count). The van der Waals surface area contributed by atoms with Crippen molar-refractivity contribution < 1.29 is 14.0 Å². The largest absolute Gasteiger partial charge is 0.355 e. The second-order valence-electron chi connectivity index (χ2n) is 5.87. The second-order valence-corrected chi connectivity index (χ2v) is 5.87. The van der Waals surface area contributed by atoms with Gasteiger partial charge in [-0.05, 0) is 31.2 Å². The van der Waals surface area contributed by atoms with E-state index >= 15 is 0 Å². The number of carbonyl (C=O) groups excluding carboxylic acids is 2. The summed E-state index contributed by atoms with van der Waals surface area (Å²) in [7, 11) is 0. The van der Waals surface area contributed by atoms with Gasteiger partial charge in [-0.3, -0.25) is 9.59 Å². The number of nitrogens with one attached hydrogen (secondary N) is 1. The standard InChI is InChI=1S/C16H23FN2O2/c1-5-19(13-8-6-12(17)7-9-13)14(20)10-11-18-15(21)16(2,3)4/h6-9H,5,10-11H2,1-4H3,(H,18,21). The molecule has 0 unspecified atom stereocenters. The summed E-state index contributed by atoms with van der Waals surface area (Å²) in [6, 6.07) is 5.80. The predicted molar refractivity (Wildman–Crippen MR) is 81.5 cm³/mol. The number of hydrogen-bond donors (Lipinski definition) is 1. The Kier molecular flexibility index (Phi) is 5.88. The molecule has 0 fully saturated rings. The van der Waals surface area contributed by atoms with Gasteiger partial charge in [0, 0.05) is 30.6 Å². The number of rotatable bonds is 5. The van der Waals surface area contributed by atoms with Crippen LogP contribution in [0.2, 0.25) is 0 Å². The van der Waals surface area contributed by atoms with Crippen molar-refractivity contribution in [1.29, 1.82) is 0 Å². The van der Waals surface area contributed by atoms with Gasteiger partial charge in [-0.25, -0.2) is 4.39 Å². The Bertz CT molecular complexity index is 492. The molecule has 1 aromatic carbocycles. The van der Waals surface area contributed by atoms with Crippen LogP contribution in [0.5, 0.6) is 0 Å². The molecule has 116 valence electrons. The Balaban J connectivity index is 2.57. The van der Waals surface area contributed by atoms with E-state index in [0.29, 0.717) is 18.8 Å². The molecule has 5 heteroatoms. The third-order valence-electron chi connectivity index (χ3n) is 3.06. The molecule has 0 radical (unpaired) electrons. The molecule has 1 N–H and O–H groups in total. The number of benzene rings is 1. The summed E-state index contributed by atoms with van der Waals surface area (Å²) in [4.78, 5) is 25.5. The zero-order valence-corrected chi connectivity index (χ0v) is 13.1. The highest BCUT2D eigenvalue weighted by Gasteiger charge is 2.21. The van der Waals surface area contributed by atoms with Crippen molar-refractivity contribution in [3.63, 3.8) is 0 Å². The quantitative estimate of drug-likeness (QED) is 0.907. The number of carbonyl (C=O) groups is 2. The minimum Gasteiger partial charge on any atom is -0.355 e. The first kappa shape index (κ1) is 17.1. The first-order valence-corrected chi connectivity index (χ1v) is 7.10. The van der Waals surface area contributed by atoms with Crippen molar-refractivity contribution in [2.75, 3.05) is 18.0 Å². The van der Waals surface area contributed by atoms with Crippen molar-refractivity contribution >= 4 is 17.5 Å². The zero-order valence-electron chi connectivity index (χ0n) is 13.1. The van der Waals surface area contributed by atoms with Gasteiger partial charge in [-0.1, -0.05) is 20.8 Å². The smallest absolute Gasteiger partial charge is 0.228 e. The summed E-state index contributed by atoms with van der Waals surface area (Å²) >= 11 is 0. The van der Waals surface area contributed by atoms with Gasteiger partial charge in [-0.15, -0.1) is 0 Å². The zero-order chi connectivity index (χ0) is 16.0. The summed E-state index contributed by atoms with van der Waals surface area (Å²) in [6.07, 6.45) is 0.215. The minimum absolute atomic E-state index is 0.0832. The number of halogens is 1. The van der Waals surface area contributed by atoms with Gasteiger partial charge in [0.25, 0.3) is 0 Å². The topological polar surface area (TPSA) is 49.4 Å². The van der Waals surface area contributed by atoms with Gasteiger partial charge < -0.3 is 10.2 Å². The average Bonchev–Trinajstić information content (AvgIpc) is 2.40. The maximum Gasteiger partial charge on any atom is 0.228 e.